The van der Waals surface area contributed by atoms with E-state index < -0.39 is 23.6 Å². The SMILES string of the molecule is CC(C)(C)OC(=O)N[C@@H](Cc1ccc(Cl)cc1)C(=O)NCC(=O)c1ccccc1. The number of benzene rings is 2. The van der Waals surface area contributed by atoms with Crippen molar-refractivity contribution in [3.8, 4) is 0 Å². The molecule has 0 saturated heterocycles. The molecule has 0 bridgehead atoms. The number of nitrogens with one attached hydrogen (secondary N) is 2. The van der Waals surface area contributed by atoms with Crippen LogP contribution in [-0.4, -0.2) is 36.0 Å². The minimum atomic E-state index is -0.908. The third-order valence-electron chi connectivity index (χ3n) is 3.88. The summed E-state index contributed by atoms with van der Waals surface area (Å²) in [6, 6.07) is 14.7. The Morgan fingerprint density at radius 3 is 2.21 bits per heavy atom. The molecule has 29 heavy (non-hydrogen) atoms. The quantitative estimate of drug-likeness (QED) is 0.673. The predicted octanol–water partition coefficient (Wildman–Crippen LogP) is 3.77. The van der Waals surface area contributed by atoms with Crippen LogP contribution in [0.3, 0.4) is 0 Å². The average molecular weight is 417 g/mol. The molecule has 0 heterocycles. The fourth-order valence-corrected chi connectivity index (χ4v) is 2.66. The van der Waals surface area contributed by atoms with Crippen molar-refractivity contribution < 1.29 is 19.1 Å². The van der Waals surface area contributed by atoms with Crippen LogP contribution >= 0.6 is 11.6 Å². The summed E-state index contributed by atoms with van der Waals surface area (Å²) >= 11 is 5.90. The van der Waals surface area contributed by atoms with Crippen molar-refractivity contribution in [2.24, 2.45) is 0 Å². The number of carbonyl (C=O) groups is 3. The topological polar surface area (TPSA) is 84.5 Å². The van der Waals surface area contributed by atoms with Crippen LogP contribution in [0.2, 0.25) is 5.02 Å². The number of amides is 2. The van der Waals surface area contributed by atoms with Gasteiger partial charge in [-0.1, -0.05) is 54.1 Å². The Hall–Kier alpha value is -2.86. The van der Waals surface area contributed by atoms with Crippen molar-refractivity contribution in [2.75, 3.05) is 6.54 Å². The minimum absolute atomic E-state index is 0.171. The standard InChI is InChI=1S/C22H25ClN2O4/c1-22(2,3)29-21(28)25-18(13-15-9-11-17(23)12-10-15)20(27)24-14-19(26)16-7-5-4-6-8-16/h4-12,18H,13-14H2,1-3H3,(H,24,27)(H,25,28)/t18-/m0/s1. The van der Waals surface area contributed by atoms with Gasteiger partial charge in [-0.3, -0.25) is 9.59 Å². The maximum atomic E-state index is 12.7. The maximum Gasteiger partial charge on any atom is 0.408 e. The summed E-state index contributed by atoms with van der Waals surface area (Å²) < 4.78 is 5.25. The van der Waals surface area contributed by atoms with Gasteiger partial charge in [0.25, 0.3) is 0 Å². The minimum Gasteiger partial charge on any atom is -0.444 e. The Bertz CT molecular complexity index is 845. The Balaban J connectivity index is 2.05. The van der Waals surface area contributed by atoms with Gasteiger partial charge in [-0.15, -0.1) is 0 Å². The highest BCUT2D eigenvalue weighted by Crippen LogP contribution is 2.12. The van der Waals surface area contributed by atoms with Crippen LogP contribution < -0.4 is 10.6 Å². The van der Waals surface area contributed by atoms with E-state index in [9.17, 15) is 14.4 Å². The van der Waals surface area contributed by atoms with Crippen LogP contribution in [-0.2, 0) is 16.0 Å². The largest absolute Gasteiger partial charge is 0.444 e. The third-order valence-corrected chi connectivity index (χ3v) is 4.13. The molecule has 0 aliphatic rings. The summed E-state index contributed by atoms with van der Waals surface area (Å²) in [6.07, 6.45) is -0.483. The van der Waals surface area contributed by atoms with E-state index in [1.165, 1.54) is 0 Å². The fraction of sp³-hybridized carbons (Fsp3) is 0.318. The third kappa shape index (κ3) is 7.95. The molecule has 7 heteroatoms. The lowest BCUT2D eigenvalue weighted by atomic mass is 10.1. The Labute approximate surface area is 175 Å². The second kappa shape index (κ2) is 10.1. The zero-order chi connectivity index (χ0) is 21.4. The molecule has 2 rings (SSSR count). The summed E-state index contributed by atoms with van der Waals surface area (Å²) in [7, 11) is 0. The van der Waals surface area contributed by atoms with Gasteiger partial charge >= 0.3 is 6.09 Å². The molecular weight excluding hydrogens is 392 g/mol. The molecule has 2 aromatic carbocycles. The molecule has 0 fully saturated rings. The Morgan fingerprint density at radius 1 is 1.00 bits per heavy atom. The van der Waals surface area contributed by atoms with Gasteiger partial charge in [-0.05, 0) is 38.5 Å². The molecule has 0 saturated carbocycles. The zero-order valence-corrected chi connectivity index (χ0v) is 17.5. The predicted molar refractivity (Wildman–Crippen MR) is 112 cm³/mol. The van der Waals surface area contributed by atoms with E-state index in [2.05, 4.69) is 10.6 Å². The summed E-state index contributed by atoms with van der Waals surface area (Å²) in [6.45, 7) is 5.04. The van der Waals surface area contributed by atoms with Gasteiger partial charge in [0.05, 0.1) is 6.54 Å². The number of carbonyl (C=O) groups excluding carboxylic acids is 3. The zero-order valence-electron chi connectivity index (χ0n) is 16.7. The first-order valence-corrected chi connectivity index (χ1v) is 9.62. The number of alkyl carbamates (subject to hydrolysis) is 1. The van der Waals surface area contributed by atoms with Crippen molar-refractivity contribution in [3.63, 3.8) is 0 Å². The van der Waals surface area contributed by atoms with E-state index >= 15 is 0 Å². The van der Waals surface area contributed by atoms with Crippen LogP contribution in [0.5, 0.6) is 0 Å². The smallest absolute Gasteiger partial charge is 0.408 e. The normalized spacial score (nSPS) is 12.0. The van der Waals surface area contributed by atoms with E-state index in [4.69, 9.17) is 16.3 Å². The molecule has 0 unspecified atom stereocenters. The molecule has 0 radical (unpaired) electrons. The molecule has 6 nitrogen and oxygen atoms in total. The summed E-state index contributed by atoms with van der Waals surface area (Å²) in [5, 5.41) is 5.75. The molecule has 0 aliphatic heterocycles. The van der Waals surface area contributed by atoms with Crippen molar-refractivity contribution in [1.82, 2.24) is 10.6 Å². The van der Waals surface area contributed by atoms with Gasteiger partial charge in [0.1, 0.15) is 11.6 Å². The van der Waals surface area contributed by atoms with Crippen LogP contribution in [0, 0.1) is 0 Å². The van der Waals surface area contributed by atoms with E-state index in [0.717, 1.165) is 5.56 Å². The number of rotatable bonds is 7. The molecular formula is C22H25ClN2O4. The van der Waals surface area contributed by atoms with E-state index in [1.807, 2.05) is 6.07 Å². The number of Topliss-reactive ketones (excluding diaryl/α,β-unsaturated/α-hetero) is 1. The molecule has 154 valence electrons. The highest BCUT2D eigenvalue weighted by atomic mass is 35.5. The lowest BCUT2D eigenvalue weighted by Crippen LogP contribution is -2.50. The summed E-state index contributed by atoms with van der Waals surface area (Å²) in [4.78, 5) is 37.1. The molecule has 0 spiro atoms. The second-order valence-corrected chi connectivity index (χ2v) is 7.97. The van der Waals surface area contributed by atoms with Crippen LogP contribution in [0.1, 0.15) is 36.7 Å². The fourth-order valence-electron chi connectivity index (χ4n) is 2.53. The van der Waals surface area contributed by atoms with Crippen molar-refractivity contribution in [3.05, 3.63) is 70.7 Å². The lowest BCUT2D eigenvalue weighted by molar-refractivity contribution is -0.123. The number of hydrogen-bond donors (Lipinski definition) is 2. The molecule has 2 amide bonds. The average Bonchev–Trinajstić information content (AvgIpc) is 2.66. The van der Waals surface area contributed by atoms with Crippen molar-refractivity contribution >= 4 is 29.4 Å². The first kappa shape index (κ1) is 22.4. The summed E-state index contributed by atoms with van der Waals surface area (Å²) in [5.41, 5.74) is 0.608. The van der Waals surface area contributed by atoms with Crippen LogP contribution in [0.15, 0.2) is 54.6 Å². The Kier molecular flexibility index (Phi) is 7.79. The van der Waals surface area contributed by atoms with Gasteiger partial charge < -0.3 is 15.4 Å². The van der Waals surface area contributed by atoms with E-state index in [-0.39, 0.29) is 18.7 Å². The van der Waals surface area contributed by atoms with Crippen molar-refractivity contribution in [1.29, 1.82) is 0 Å². The maximum absolute atomic E-state index is 12.7. The highest BCUT2D eigenvalue weighted by Gasteiger charge is 2.25. The number of halogens is 1. The van der Waals surface area contributed by atoms with Gasteiger partial charge in [0.15, 0.2) is 5.78 Å². The van der Waals surface area contributed by atoms with Gasteiger partial charge in [0.2, 0.25) is 5.91 Å². The van der Waals surface area contributed by atoms with Gasteiger partial charge in [0, 0.05) is 17.0 Å². The first-order valence-electron chi connectivity index (χ1n) is 9.24. The lowest BCUT2D eigenvalue weighted by Gasteiger charge is -2.23. The number of ether oxygens (including phenoxy) is 1. The number of ketones is 1. The van der Waals surface area contributed by atoms with Crippen LogP contribution in [0.25, 0.3) is 0 Å². The monoisotopic (exact) mass is 416 g/mol. The number of hydrogen-bond acceptors (Lipinski definition) is 4. The second-order valence-electron chi connectivity index (χ2n) is 7.54. The molecule has 2 N–H and O–H groups in total. The van der Waals surface area contributed by atoms with Gasteiger partial charge in [-0.25, -0.2) is 4.79 Å². The van der Waals surface area contributed by atoms with E-state index in [0.29, 0.717) is 10.6 Å². The van der Waals surface area contributed by atoms with Crippen LogP contribution in [0.4, 0.5) is 4.79 Å². The molecule has 0 aromatic heterocycles. The Morgan fingerprint density at radius 2 is 1.62 bits per heavy atom. The van der Waals surface area contributed by atoms with Gasteiger partial charge in [-0.2, -0.15) is 0 Å². The first-order chi connectivity index (χ1) is 13.6. The van der Waals surface area contributed by atoms with E-state index in [1.54, 1.807) is 69.3 Å². The molecule has 1 atom stereocenters. The molecule has 0 aliphatic carbocycles. The van der Waals surface area contributed by atoms with Crippen molar-refractivity contribution in [2.45, 2.75) is 38.8 Å². The summed E-state index contributed by atoms with van der Waals surface area (Å²) in [5.74, 6) is -0.698. The highest BCUT2D eigenvalue weighted by molar-refractivity contribution is 6.30. The molecule has 2 aromatic rings.